The van der Waals surface area contributed by atoms with Gasteiger partial charge in [-0.3, -0.25) is 4.57 Å². The number of halogens is 1. The summed E-state index contributed by atoms with van der Waals surface area (Å²) in [7, 11) is 0. The third-order valence-corrected chi connectivity index (χ3v) is 2.60. The molecule has 0 spiro atoms. The zero-order chi connectivity index (χ0) is 12.6. The quantitative estimate of drug-likeness (QED) is 0.579. The third-order valence-electron chi connectivity index (χ3n) is 2.60. The molecule has 17 heavy (non-hydrogen) atoms. The number of rotatable bonds is 2. The van der Waals surface area contributed by atoms with Crippen molar-refractivity contribution in [2.45, 2.75) is 24.6 Å². The summed E-state index contributed by atoms with van der Waals surface area (Å²) in [5, 5.41) is 18.3. The second-order valence-electron chi connectivity index (χ2n) is 3.72. The minimum Gasteiger partial charge on any atom is -0.394 e. The van der Waals surface area contributed by atoms with E-state index in [1.54, 1.807) is 0 Å². The molecule has 2 heterocycles. The minimum atomic E-state index is -1.81. The van der Waals surface area contributed by atoms with Crippen molar-refractivity contribution in [3.05, 3.63) is 22.7 Å². The van der Waals surface area contributed by atoms with E-state index in [4.69, 9.17) is 15.6 Å². The van der Waals surface area contributed by atoms with Crippen molar-refractivity contribution in [2.24, 2.45) is 0 Å². The molecule has 0 unspecified atom stereocenters. The number of hydrogen-bond acceptors (Lipinski definition) is 6. The summed E-state index contributed by atoms with van der Waals surface area (Å²) in [5.41, 5.74) is 4.52. The number of nitrogens with zero attached hydrogens (tertiary/aromatic N) is 2. The maximum Gasteiger partial charge on any atom is 0.351 e. The zero-order valence-electron chi connectivity index (χ0n) is 8.73. The fourth-order valence-corrected chi connectivity index (χ4v) is 1.70. The fourth-order valence-electron chi connectivity index (χ4n) is 1.70. The van der Waals surface area contributed by atoms with Gasteiger partial charge in [-0.15, -0.1) is 0 Å². The highest BCUT2D eigenvalue weighted by Crippen LogP contribution is 2.30. The first kappa shape index (κ1) is 12.0. The van der Waals surface area contributed by atoms with Crippen molar-refractivity contribution in [3.63, 3.8) is 0 Å². The Kier molecular flexibility index (Phi) is 3.09. The van der Waals surface area contributed by atoms with Crippen LogP contribution in [-0.2, 0) is 4.74 Å². The predicted octanol–water partition coefficient (Wildman–Crippen LogP) is -1.59. The van der Waals surface area contributed by atoms with Gasteiger partial charge in [0.2, 0.25) is 0 Å². The molecule has 1 aliphatic rings. The second kappa shape index (κ2) is 4.40. The Bertz CT molecular complexity index is 466. The van der Waals surface area contributed by atoms with Crippen LogP contribution in [0.1, 0.15) is 6.23 Å². The molecule has 94 valence electrons. The number of anilines is 1. The highest BCUT2D eigenvalue weighted by Gasteiger charge is 2.45. The predicted molar refractivity (Wildman–Crippen MR) is 54.8 cm³/mol. The summed E-state index contributed by atoms with van der Waals surface area (Å²) in [5.74, 6) is 0.0129. The van der Waals surface area contributed by atoms with Crippen molar-refractivity contribution in [3.8, 4) is 0 Å². The standard InChI is InChI=1S/C9H12FN3O4/c10-6-7(15)4(3-14)17-8(6)13-2-1-5(11)12-9(13)16/h1-2,4,6-8,14-15H,3H2,(H2,11,12,16)/t4-,6-,7-,8-/m0/s1. The normalized spacial score (nSPS) is 32.9. The number of nitrogen functional groups attached to an aromatic ring is 1. The monoisotopic (exact) mass is 245 g/mol. The Morgan fingerprint density at radius 1 is 1.65 bits per heavy atom. The molecule has 1 saturated heterocycles. The summed E-state index contributed by atoms with van der Waals surface area (Å²) in [6, 6.07) is 1.32. The van der Waals surface area contributed by atoms with Gasteiger partial charge < -0.3 is 20.7 Å². The molecule has 0 radical (unpaired) electrons. The van der Waals surface area contributed by atoms with Crippen LogP contribution in [0, 0.1) is 0 Å². The first-order chi connectivity index (χ1) is 8.04. The summed E-state index contributed by atoms with van der Waals surface area (Å²) >= 11 is 0. The highest BCUT2D eigenvalue weighted by atomic mass is 19.1. The summed E-state index contributed by atoms with van der Waals surface area (Å²) in [6.45, 7) is -0.533. The number of aromatic nitrogens is 2. The van der Waals surface area contributed by atoms with Crippen molar-refractivity contribution in [2.75, 3.05) is 12.3 Å². The lowest BCUT2D eigenvalue weighted by Gasteiger charge is -2.15. The minimum absolute atomic E-state index is 0.0129. The van der Waals surface area contributed by atoms with Crippen molar-refractivity contribution < 1.29 is 19.3 Å². The second-order valence-corrected chi connectivity index (χ2v) is 3.72. The van der Waals surface area contributed by atoms with Gasteiger partial charge in [0.05, 0.1) is 6.61 Å². The molecule has 4 atom stereocenters. The number of nitrogens with two attached hydrogens (primary N) is 1. The van der Waals surface area contributed by atoms with E-state index in [0.717, 1.165) is 4.57 Å². The topological polar surface area (TPSA) is 111 Å². The smallest absolute Gasteiger partial charge is 0.351 e. The first-order valence-corrected chi connectivity index (χ1v) is 4.97. The van der Waals surface area contributed by atoms with Gasteiger partial charge in [-0.05, 0) is 6.07 Å². The van der Waals surface area contributed by atoms with E-state index in [1.165, 1.54) is 12.3 Å². The van der Waals surface area contributed by atoms with Crippen LogP contribution >= 0.6 is 0 Å². The van der Waals surface area contributed by atoms with Crippen LogP contribution in [-0.4, -0.2) is 44.8 Å². The molecular formula is C9H12FN3O4. The molecule has 1 aliphatic heterocycles. The highest BCUT2D eigenvalue weighted by molar-refractivity contribution is 5.23. The van der Waals surface area contributed by atoms with Gasteiger partial charge in [0.15, 0.2) is 12.4 Å². The maximum atomic E-state index is 13.7. The number of aliphatic hydroxyl groups is 2. The molecule has 0 aliphatic carbocycles. The van der Waals surface area contributed by atoms with E-state index in [1.807, 2.05) is 0 Å². The van der Waals surface area contributed by atoms with E-state index in [2.05, 4.69) is 4.98 Å². The molecule has 4 N–H and O–H groups in total. The van der Waals surface area contributed by atoms with Crippen LogP contribution in [0.3, 0.4) is 0 Å². The third kappa shape index (κ3) is 2.02. The molecule has 0 bridgehead atoms. The van der Waals surface area contributed by atoms with E-state index in [0.29, 0.717) is 0 Å². The lowest BCUT2D eigenvalue weighted by atomic mass is 10.1. The van der Waals surface area contributed by atoms with Crippen molar-refractivity contribution in [1.82, 2.24) is 9.55 Å². The molecule has 8 heteroatoms. The van der Waals surface area contributed by atoms with Gasteiger partial charge in [-0.2, -0.15) is 4.98 Å². The van der Waals surface area contributed by atoms with Gasteiger partial charge in [0.25, 0.3) is 0 Å². The van der Waals surface area contributed by atoms with Gasteiger partial charge in [-0.1, -0.05) is 0 Å². The summed E-state index contributed by atoms with van der Waals surface area (Å²) in [6.07, 6.45) is -4.42. The largest absolute Gasteiger partial charge is 0.394 e. The molecular weight excluding hydrogens is 233 g/mol. The number of aliphatic hydroxyl groups excluding tert-OH is 2. The summed E-state index contributed by atoms with van der Waals surface area (Å²) in [4.78, 5) is 14.9. The van der Waals surface area contributed by atoms with Gasteiger partial charge in [0, 0.05) is 6.20 Å². The Hall–Kier alpha value is -1.51. The van der Waals surface area contributed by atoms with E-state index >= 15 is 0 Å². The number of ether oxygens (including phenoxy) is 1. The van der Waals surface area contributed by atoms with Crippen molar-refractivity contribution >= 4 is 5.82 Å². The molecule has 0 saturated carbocycles. The molecule has 2 rings (SSSR count). The molecule has 0 amide bonds. The van der Waals surface area contributed by atoms with E-state index in [9.17, 15) is 14.3 Å². The SMILES string of the molecule is Nc1ccn([C@H]2O[C@@H](CO)[C@H](O)[C@@H]2F)c(=O)n1. The Morgan fingerprint density at radius 3 is 2.88 bits per heavy atom. The molecule has 7 nitrogen and oxygen atoms in total. The van der Waals surface area contributed by atoms with Crippen LogP contribution in [0.5, 0.6) is 0 Å². The van der Waals surface area contributed by atoms with Gasteiger partial charge in [-0.25, -0.2) is 9.18 Å². The Morgan fingerprint density at radius 2 is 2.35 bits per heavy atom. The molecule has 1 aromatic heterocycles. The van der Waals surface area contributed by atoms with Gasteiger partial charge in [0.1, 0.15) is 18.0 Å². The van der Waals surface area contributed by atoms with Crippen molar-refractivity contribution in [1.29, 1.82) is 0 Å². The van der Waals surface area contributed by atoms with Crippen LogP contribution in [0.4, 0.5) is 10.2 Å². The van der Waals surface area contributed by atoms with Crippen LogP contribution < -0.4 is 11.4 Å². The lowest BCUT2D eigenvalue weighted by Crippen LogP contribution is -2.33. The van der Waals surface area contributed by atoms with Gasteiger partial charge >= 0.3 is 5.69 Å². The van der Waals surface area contributed by atoms with Crippen LogP contribution in [0.2, 0.25) is 0 Å². The van der Waals surface area contributed by atoms with Crippen LogP contribution in [0.25, 0.3) is 0 Å². The maximum absolute atomic E-state index is 13.7. The molecule has 1 fully saturated rings. The number of hydrogen-bond donors (Lipinski definition) is 3. The van der Waals surface area contributed by atoms with E-state index < -0.39 is 36.9 Å². The Labute approximate surface area is 95.3 Å². The number of alkyl halides is 1. The zero-order valence-corrected chi connectivity index (χ0v) is 8.73. The Balaban J connectivity index is 2.32. The average Bonchev–Trinajstić information content (AvgIpc) is 2.57. The lowest BCUT2D eigenvalue weighted by molar-refractivity contribution is -0.0490. The fraction of sp³-hybridized carbons (Fsp3) is 0.556. The first-order valence-electron chi connectivity index (χ1n) is 4.97. The van der Waals surface area contributed by atoms with E-state index in [-0.39, 0.29) is 5.82 Å². The summed E-state index contributed by atoms with van der Waals surface area (Å²) < 4.78 is 19.6. The molecule has 1 aromatic rings. The average molecular weight is 245 g/mol. The molecule has 0 aromatic carbocycles. The van der Waals surface area contributed by atoms with Crippen LogP contribution in [0.15, 0.2) is 17.1 Å².